The summed E-state index contributed by atoms with van der Waals surface area (Å²) in [4.78, 5) is 0. The first kappa shape index (κ1) is 15.6. The lowest BCUT2D eigenvalue weighted by Gasteiger charge is -2.58. The molecule has 0 heterocycles. The van der Waals surface area contributed by atoms with Crippen molar-refractivity contribution in [2.75, 3.05) is 0 Å². The number of hydrogen-bond donors (Lipinski definition) is 3. The standard InChI is InChI=1S/C19H29NO3/c1-18-6-3-4-13(18)17-14(5-7-18)19(2)11(9-15(17)20-23)8-12(21)10-16(19)22/h9,12-14,16-17,21-23H,3-8,10H2,1-2H3/t12-,13+,14+,16-,17+,18+,19+/m1/s1. The van der Waals surface area contributed by atoms with E-state index >= 15 is 0 Å². The van der Waals surface area contributed by atoms with E-state index in [-0.39, 0.29) is 11.3 Å². The molecule has 4 heteroatoms. The van der Waals surface area contributed by atoms with E-state index in [1.807, 2.05) is 6.08 Å². The first-order valence-electron chi connectivity index (χ1n) is 9.19. The number of aliphatic hydroxyl groups is 2. The molecule has 3 N–H and O–H groups in total. The Morgan fingerprint density at radius 1 is 1.13 bits per heavy atom. The molecule has 0 radical (unpaired) electrons. The molecule has 0 aromatic carbocycles. The maximum absolute atomic E-state index is 10.8. The molecule has 4 aliphatic carbocycles. The highest BCUT2D eigenvalue weighted by Crippen LogP contribution is 2.64. The number of rotatable bonds is 0. The summed E-state index contributed by atoms with van der Waals surface area (Å²) in [6, 6.07) is 0. The van der Waals surface area contributed by atoms with Crippen LogP contribution in [0.2, 0.25) is 0 Å². The van der Waals surface area contributed by atoms with Gasteiger partial charge in [0.2, 0.25) is 0 Å². The molecule has 0 aromatic rings. The molecule has 0 unspecified atom stereocenters. The van der Waals surface area contributed by atoms with Gasteiger partial charge in [-0.3, -0.25) is 0 Å². The van der Waals surface area contributed by atoms with Gasteiger partial charge >= 0.3 is 0 Å². The van der Waals surface area contributed by atoms with Gasteiger partial charge in [0, 0.05) is 17.8 Å². The molecule has 0 saturated heterocycles. The highest BCUT2D eigenvalue weighted by atomic mass is 16.4. The number of nitrogens with zero attached hydrogens (tertiary/aromatic N) is 1. The van der Waals surface area contributed by atoms with Gasteiger partial charge in [-0.25, -0.2) is 0 Å². The first-order chi connectivity index (χ1) is 10.9. The van der Waals surface area contributed by atoms with E-state index in [0.29, 0.717) is 30.1 Å². The van der Waals surface area contributed by atoms with Crippen LogP contribution in [0.5, 0.6) is 0 Å². The van der Waals surface area contributed by atoms with E-state index in [9.17, 15) is 15.4 Å². The minimum absolute atomic E-state index is 0.250. The van der Waals surface area contributed by atoms with Crippen molar-refractivity contribution in [2.24, 2.45) is 33.7 Å². The van der Waals surface area contributed by atoms with E-state index < -0.39 is 12.2 Å². The van der Waals surface area contributed by atoms with E-state index in [2.05, 4.69) is 19.0 Å². The molecule has 0 spiro atoms. The van der Waals surface area contributed by atoms with Crippen LogP contribution < -0.4 is 0 Å². The van der Waals surface area contributed by atoms with Crippen LogP contribution in [0.15, 0.2) is 16.8 Å². The summed E-state index contributed by atoms with van der Waals surface area (Å²) in [7, 11) is 0. The van der Waals surface area contributed by atoms with E-state index in [4.69, 9.17) is 0 Å². The molecule has 23 heavy (non-hydrogen) atoms. The maximum atomic E-state index is 10.8. The summed E-state index contributed by atoms with van der Waals surface area (Å²) < 4.78 is 0. The largest absolute Gasteiger partial charge is 0.411 e. The zero-order valence-corrected chi connectivity index (χ0v) is 14.2. The lowest BCUT2D eigenvalue weighted by atomic mass is 9.47. The van der Waals surface area contributed by atoms with Gasteiger partial charge in [0.1, 0.15) is 0 Å². The molecule has 4 nitrogen and oxygen atoms in total. The normalized spacial score (nSPS) is 54.2. The zero-order chi connectivity index (χ0) is 16.4. The molecular weight excluding hydrogens is 290 g/mol. The lowest BCUT2D eigenvalue weighted by molar-refractivity contribution is -0.0820. The van der Waals surface area contributed by atoms with Crippen molar-refractivity contribution in [2.45, 2.75) is 71.0 Å². The molecule has 7 atom stereocenters. The SMILES string of the molecule is C[C@@]12CCC[C@H]1[C@@H]1C(=NO)C=C3C[C@@H](O)C[C@@H](O)[C@]3(C)[C@H]1CC2. The second-order valence-electron chi connectivity index (χ2n) is 8.91. The molecule has 3 fully saturated rings. The molecular formula is C19H29NO3. The van der Waals surface area contributed by atoms with Crippen molar-refractivity contribution >= 4 is 5.71 Å². The topological polar surface area (TPSA) is 73.1 Å². The predicted octanol–water partition coefficient (Wildman–Crippen LogP) is 3.11. The third-order valence-electron chi connectivity index (χ3n) is 7.94. The van der Waals surface area contributed by atoms with Gasteiger partial charge in [0.25, 0.3) is 0 Å². The van der Waals surface area contributed by atoms with Crippen molar-refractivity contribution in [1.82, 2.24) is 0 Å². The van der Waals surface area contributed by atoms with Gasteiger partial charge in [0.05, 0.1) is 17.9 Å². The van der Waals surface area contributed by atoms with Crippen LogP contribution in [0.4, 0.5) is 0 Å². The zero-order valence-electron chi connectivity index (χ0n) is 14.2. The fourth-order valence-electron chi connectivity index (χ4n) is 6.56. The van der Waals surface area contributed by atoms with Crippen LogP contribution >= 0.6 is 0 Å². The van der Waals surface area contributed by atoms with E-state index in [0.717, 1.165) is 17.7 Å². The molecule has 3 saturated carbocycles. The number of hydrogen-bond acceptors (Lipinski definition) is 4. The number of allylic oxidation sites excluding steroid dienone is 1. The fraction of sp³-hybridized carbons (Fsp3) is 0.842. The van der Waals surface area contributed by atoms with Gasteiger partial charge < -0.3 is 15.4 Å². The smallest absolute Gasteiger partial charge is 0.0832 e. The first-order valence-corrected chi connectivity index (χ1v) is 9.19. The van der Waals surface area contributed by atoms with Crippen molar-refractivity contribution in [3.63, 3.8) is 0 Å². The monoisotopic (exact) mass is 319 g/mol. The highest BCUT2D eigenvalue weighted by molar-refractivity contribution is 5.99. The average molecular weight is 319 g/mol. The van der Waals surface area contributed by atoms with E-state index in [1.165, 1.54) is 25.7 Å². The highest BCUT2D eigenvalue weighted by Gasteiger charge is 2.60. The molecule has 4 aliphatic rings. The minimum Gasteiger partial charge on any atom is -0.411 e. The summed E-state index contributed by atoms with van der Waals surface area (Å²) in [5.74, 6) is 1.13. The van der Waals surface area contributed by atoms with Crippen molar-refractivity contribution in [1.29, 1.82) is 0 Å². The quantitative estimate of drug-likeness (QED) is 0.474. The molecule has 0 aromatic heterocycles. The molecule has 0 bridgehead atoms. The maximum Gasteiger partial charge on any atom is 0.0832 e. The average Bonchev–Trinajstić information content (AvgIpc) is 2.90. The predicted molar refractivity (Wildman–Crippen MR) is 88.3 cm³/mol. The molecule has 0 amide bonds. The van der Waals surface area contributed by atoms with Gasteiger partial charge in [0.15, 0.2) is 0 Å². The number of oxime groups is 1. The summed E-state index contributed by atoms with van der Waals surface area (Å²) >= 11 is 0. The van der Waals surface area contributed by atoms with Crippen molar-refractivity contribution in [3.8, 4) is 0 Å². The Morgan fingerprint density at radius 2 is 1.91 bits per heavy atom. The molecule has 0 aliphatic heterocycles. The van der Waals surface area contributed by atoms with Crippen molar-refractivity contribution in [3.05, 3.63) is 11.6 Å². The van der Waals surface area contributed by atoms with Crippen LogP contribution in [-0.2, 0) is 0 Å². The summed E-state index contributed by atoms with van der Waals surface area (Å²) in [6.45, 7) is 4.58. The van der Waals surface area contributed by atoms with Crippen LogP contribution in [0.3, 0.4) is 0 Å². The second-order valence-corrected chi connectivity index (χ2v) is 8.91. The van der Waals surface area contributed by atoms with E-state index in [1.54, 1.807) is 0 Å². The van der Waals surface area contributed by atoms with Crippen LogP contribution in [0.1, 0.15) is 58.8 Å². The van der Waals surface area contributed by atoms with Gasteiger partial charge in [-0.2, -0.15) is 0 Å². The molecule has 4 rings (SSSR count). The lowest BCUT2D eigenvalue weighted by Crippen LogP contribution is -2.57. The third kappa shape index (κ3) is 2.00. The summed E-state index contributed by atoms with van der Waals surface area (Å²) in [6.07, 6.45) is 8.09. The van der Waals surface area contributed by atoms with Crippen molar-refractivity contribution < 1.29 is 15.4 Å². The number of fused-ring (bicyclic) bond motifs is 5. The van der Waals surface area contributed by atoms with Crippen LogP contribution in [-0.4, -0.2) is 33.3 Å². The molecule has 128 valence electrons. The van der Waals surface area contributed by atoms with Gasteiger partial charge in [-0.05, 0) is 55.4 Å². The second kappa shape index (κ2) is 5.06. The Bertz CT molecular complexity index is 571. The third-order valence-corrected chi connectivity index (χ3v) is 7.94. The number of aliphatic hydroxyl groups excluding tert-OH is 2. The Morgan fingerprint density at radius 3 is 2.65 bits per heavy atom. The Balaban J connectivity index is 1.82. The Labute approximate surface area is 138 Å². The Hall–Kier alpha value is -0.870. The summed E-state index contributed by atoms with van der Waals surface area (Å²) in [5, 5.41) is 34.2. The fourth-order valence-corrected chi connectivity index (χ4v) is 6.56. The minimum atomic E-state index is -0.504. The van der Waals surface area contributed by atoms with Gasteiger partial charge in [-0.15, -0.1) is 0 Å². The van der Waals surface area contributed by atoms with Crippen LogP contribution in [0.25, 0.3) is 0 Å². The Kier molecular flexibility index (Phi) is 3.44. The van der Waals surface area contributed by atoms with Gasteiger partial charge in [-0.1, -0.05) is 31.0 Å². The summed E-state index contributed by atoms with van der Waals surface area (Å²) in [5.41, 5.74) is 1.96. The van der Waals surface area contributed by atoms with Crippen LogP contribution in [0, 0.1) is 28.6 Å².